The van der Waals surface area contributed by atoms with Gasteiger partial charge in [0.05, 0.1) is 6.20 Å². The summed E-state index contributed by atoms with van der Waals surface area (Å²) in [5.74, 6) is 0.618. The van der Waals surface area contributed by atoms with Crippen molar-refractivity contribution in [1.29, 1.82) is 0 Å². The number of benzene rings is 1. The van der Waals surface area contributed by atoms with Gasteiger partial charge in [0.15, 0.2) is 0 Å². The first-order valence-electron chi connectivity index (χ1n) is 9.81. The minimum absolute atomic E-state index is 0.0212. The van der Waals surface area contributed by atoms with Gasteiger partial charge in [0.2, 0.25) is 5.76 Å². The number of carbonyl (C=O) groups excluding carboxylic acids is 1. The molecule has 2 aliphatic rings. The van der Waals surface area contributed by atoms with Crippen molar-refractivity contribution in [3.8, 4) is 11.1 Å². The van der Waals surface area contributed by atoms with Crippen LogP contribution >= 0.6 is 11.6 Å². The van der Waals surface area contributed by atoms with E-state index in [0.717, 1.165) is 23.4 Å². The van der Waals surface area contributed by atoms with Crippen molar-refractivity contribution in [3.05, 3.63) is 75.0 Å². The Kier molecular flexibility index (Phi) is 4.51. The van der Waals surface area contributed by atoms with Gasteiger partial charge in [0.25, 0.3) is 11.5 Å². The Morgan fingerprint density at radius 3 is 2.83 bits per heavy atom. The maximum Gasteiger partial charge on any atom is 0.292 e. The minimum Gasteiger partial charge on any atom is -0.351 e. The van der Waals surface area contributed by atoms with Gasteiger partial charge in [-0.25, -0.2) is 0 Å². The van der Waals surface area contributed by atoms with Crippen LogP contribution in [0, 0.1) is 5.92 Å². The highest BCUT2D eigenvalue weighted by atomic mass is 35.5. The van der Waals surface area contributed by atoms with Gasteiger partial charge in [-0.3, -0.25) is 9.59 Å². The summed E-state index contributed by atoms with van der Waals surface area (Å²) >= 11 is 6.17. The van der Waals surface area contributed by atoms with Gasteiger partial charge < -0.3 is 14.0 Å². The molecule has 0 saturated heterocycles. The molecule has 0 atom stereocenters. The Bertz CT molecular complexity index is 1130. The molecule has 148 valence electrons. The summed E-state index contributed by atoms with van der Waals surface area (Å²) in [6.45, 7) is 1.73. The van der Waals surface area contributed by atoms with Crippen LogP contribution < -0.4 is 5.56 Å². The summed E-state index contributed by atoms with van der Waals surface area (Å²) in [5.41, 5.74) is 3.48. The maximum absolute atomic E-state index is 13.3. The fourth-order valence-electron chi connectivity index (χ4n) is 3.99. The topological polar surface area (TPSA) is 68.3 Å². The van der Waals surface area contributed by atoms with Crippen molar-refractivity contribution in [2.45, 2.75) is 32.4 Å². The molecule has 5 rings (SSSR count). The van der Waals surface area contributed by atoms with Crippen LogP contribution in [0.2, 0.25) is 5.02 Å². The molecule has 7 heteroatoms. The summed E-state index contributed by atoms with van der Waals surface area (Å²) in [7, 11) is 0. The molecule has 2 aromatic heterocycles. The second kappa shape index (κ2) is 7.19. The van der Waals surface area contributed by atoms with E-state index in [9.17, 15) is 9.59 Å². The predicted octanol–water partition coefficient (Wildman–Crippen LogP) is 3.77. The Hall–Kier alpha value is -2.86. The lowest BCUT2D eigenvalue weighted by Gasteiger charge is -2.30. The molecular formula is C22H20ClN3O3. The summed E-state index contributed by atoms with van der Waals surface area (Å²) in [5, 5.41) is 4.22. The first-order valence-corrected chi connectivity index (χ1v) is 10.2. The lowest BCUT2D eigenvalue weighted by Crippen LogP contribution is -2.39. The van der Waals surface area contributed by atoms with Crippen molar-refractivity contribution in [2.75, 3.05) is 6.54 Å². The standard InChI is InChI=1S/C22H20ClN3O3/c23-17-3-1-2-15(10-17)18-11-16-13-25(22(28)20-6-8-24-29-20)9-7-19(16)26(21(18)27)12-14-4-5-14/h1-3,6,8,10-11,14H,4-5,7,9,12-13H2. The van der Waals surface area contributed by atoms with E-state index in [1.54, 1.807) is 17.0 Å². The summed E-state index contributed by atoms with van der Waals surface area (Å²) < 4.78 is 6.97. The lowest BCUT2D eigenvalue weighted by molar-refractivity contribution is 0.0689. The van der Waals surface area contributed by atoms with E-state index in [4.69, 9.17) is 16.1 Å². The van der Waals surface area contributed by atoms with Crippen molar-refractivity contribution < 1.29 is 9.32 Å². The summed E-state index contributed by atoms with van der Waals surface area (Å²) in [4.78, 5) is 27.8. The van der Waals surface area contributed by atoms with Gasteiger partial charge >= 0.3 is 0 Å². The number of hydrogen-bond donors (Lipinski definition) is 0. The number of halogens is 1. The minimum atomic E-state index is -0.183. The van der Waals surface area contributed by atoms with Crippen molar-refractivity contribution in [2.24, 2.45) is 5.92 Å². The average molecular weight is 410 g/mol. The molecule has 1 aliphatic heterocycles. The van der Waals surface area contributed by atoms with Gasteiger partial charge in [-0.05, 0) is 48.1 Å². The second-order valence-electron chi connectivity index (χ2n) is 7.75. The number of hydrogen-bond acceptors (Lipinski definition) is 4. The van der Waals surface area contributed by atoms with Gasteiger partial charge in [-0.2, -0.15) is 0 Å². The first-order chi connectivity index (χ1) is 14.1. The van der Waals surface area contributed by atoms with Gasteiger partial charge in [0.1, 0.15) is 0 Å². The Labute approximate surface area is 172 Å². The van der Waals surface area contributed by atoms with Crippen molar-refractivity contribution >= 4 is 17.5 Å². The van der Waals surface area contributed by atoms with E-state index in [1.807, 2.05) is 28.8 Å². The smallest absolute Gasteiger partial charge is 0.292 e. The fraction of sp³-hybridized carbons (Fsp3) is 0.318. The van der Waals surface area contributed by atoms with E-state index in [2.05, 4.69) is 5.16 Å². The van der Waals surface area contributed by atoms with Gasteiger partial charge in [0, 0.05) is 48.4 Å². The van der Waals surface area contributed by atoms with Crippen LogP contribution in [-0.4, -0.2) is 27.1 Å². The third-order valence-electron chi connectivity index (χ3n) is 5.68. The van der Waals surface area contributed by atoms with Crippen LogP contribution in [0.4, 0.5) is 0 Å². The van der Waals surface area contributed by atoms with Crippen LogP contribution in [0.3, 0.4) is 0 Å². The normalized spacial score (nSPS) is 16.0. The average Bonchev–Trinajstić information content (AvgIpc) is 3.38. The van der Waals surface area contributed by atoms with Crippen LogP contribution in [0.1, 0.15) is 34.7 Å². The molecular weight excluding hydrogens is 390 g/mol. The molecule has 1 aromatic carbocycles. The number of pyridine rings is 1. The lowest BCUT2D eigenvalue weighted by atomic mass is 9.98. The highest BCUT2D eigenvalue weighted by Crippen LogP contribution is 2.32. The molecule has 1 amide bonds. The SMILES string of the molecule is O=C(c1ccno1)N1CCc2c(cc(-c3cccc(Cl)c3)c(=O)n2CC2CC2)C1. The maximum atomic E-state index is 13.3. The largest absolute Gasteiger partial charge is 0.351 e. The Balaban J connectivity index is 1.57. The fourth-order valence-corrected chi connectivity index (χ4v) is 4.18. The molecule has 0 bridgehead atoms. The summed E-state index contributed by atoms with van der Waals surface area (Å²) in [6.07, 6.45) is 4.44. The van der Waals surface area contributed by atoms with Crippen LogP contribution in [0.5, 0.6) is 0 Å². The molecule has 1 saturated carbocycles. The molecule has 0 N–H and O–H groups in total. The number of carbonyl (C=O) groups is 1. The number of nitrogens with zero attached hydrogens (tertiary/aromatic N) is 3. The zero-order valence-electron chi connectivity index (χ0n) is 15.8. The molecule has 29 heavy (non-hydrogen) atoms. The Morgan fingerprint density at radius 2 is 2.10 bits per heavy atom. The van der Waals surface area contributed by atoms with E-state index in [1.165, 1.54) is 19.0 Å². The third kappa shape index (κ3) is 3.49. The van der Waals surface area contributed by atoms with E-state index >= 15 is 0 Å². The highest BCUT2D eigenvalue weighted by molar-refractivity contribution is 6.30. The quantitative estimate of drug-likeness (QED) is 0.657. The third-order valence-corrected chi connectivity index (χ3v) is 5.91. The van der Waals surface area contributed by atoms with Crippen LogP contribution in [0.25, 0.3) is 11.1 Å². The zero-order valence-corrected chi connectivity index (χ0v) is 16.6. The monoisotopic (exact) mass is 409 g/mol. The second-order valence-corrected chi connectivity index (χ2v) is 8.19. The number of aromatic nitrogens is 2. The van der Waals surface area contributed by atoms with Crippen molar-refractivity contribution in [1.82, 2.24) is 14.6 Å². The first kappa shape index (κ1) is 18.2. The number of rotatable bonds is 4. The molecule has 1 fully saturated rings. The van der Waals surface area contributed by atoms with E-state index in [0.29, 0.717) is 36.0 Å². The van der Waals surface area contributed by atoms with E-state index < -0.39 is 0 Å². The molecule has 3 aromatic rings. The zero-order chi connectivity index (χ0) is 20.0. The predicted molar refractivity (Wildman–Crippen MR) is 109 cm³/mol. The number of amides is 1. The van der Waals surface area contributed by atoms with Gasteiger partial charge in [-0.1, -0.05) is 28.9 Å². The van der Waals surface area contributed by atoms with E-state index in [-0.39, 0.29) is 17.2 Å². The molecule has 0 spiro atoms. The van der Waals surface area contributed by atoms with Crippen LogP contribution in [-0.2, 0) is 19.5 Å². The molecule has 3 heterocycles. The molecule has 1 aliphatic carbocycles. The highest BCUT2D eigenvalue weighted by Gasteiger charge is 2.29. The molecule has 0 radical (unpaired) electrons. The van der Waals surface area contributed by atoms with Crippen molar-refractivity contribution in [3.63, 3.8) is 0 Å². The molecule has 0 unspecified atom stereocenters. The Morgan fingerprint density at radius 1 is 1.24 bits per heavy atom. The number of fused-ring (bicyclic) bond motifs is 1. The molecule has 6 nitrogen and oxygen atoms in total. The summed E-state index contributed by atoms with van der Waals surface area (Å²) in [6, 6.07) is 10.9. The van der Waals surface area contributed by atoms with Gasteiger partial charge in [-0.15, -0.1) is 0 Å². The van der Waals surface area contributed by atoms with Crippen LogP contribution in [0.15, 0.2) is 51.9 Å².